The predicted octanol–water partition coefficient (Wildman–Crippen LogP) is 3.17. The van der Waals surface area contributed by atoms with E-state index < -0.39 is 29.2 Å². The maximum absolute atomic E-state index is 13.0. The van der Waals surface area contributed by atoms with Crippen LogP contribution in [0.4, 0.5) is 10.5 Å². The van der Waals surface area contributed by atoms with Gasteiger partial charge in [-0.25, -0.2) is 4.68 Å². The van der Waals surface area contributed by atoms with Crippen molar-refractivity contribution in [2.45, 2.75) is 6.92 Å². The fraction of sp³-hybridized carbons (Fsp3) is 0.167. The molecule has 0 bridgehead atoms. The number of imide groups is 1. The van der Waals surface area contributed by atoms with Crippen LogP contribution in [0.1, 0.15) is 11.3 Å². The van der Waals surface area contributed by atoms with Gasteiger partial charge in [0.15, 0.2) is 0 Å². The quantitative estimate of drug-likeness (QED) is 0.546. The monoisotopic (exact) mass is 478 g/mol. The number of para-hydroxylation sites is 1. The van der Waals surface area contributed by atoms with Gasteiger partial charge in [0.2, 0.25) is 5.91 Å². The second kappa shape index (κ2) is 9.44. The summed E-state index contributed by atoms with van der Waals surface area (Å²) >= 11 is 0.762. The number of amides is 3. The van der Waals surface area contributed by atoms with Crippen LogP contribution in [0.25, 0.3) is 11.8 Å². The van der Waals surface area contributed by atoms with E-state index in [1.807, 2.05) is 18.2 Å². The van der Waals surface area contributed by atoms with Crippen LogP contribution in [0.2, 0.25) is 0 Å². The average Bonchev–Trinajstić information content (AvgIpc) is 3.21. The first-order chi connectivity index (χ1) is 16.3. The van der Waals surface area contributed by atoms with Crippen LogP contribution < -0.4 is 15.6 Å². The normalized spacial score (nSPS) is 14.7. The summed E-state index contributed by atoms with van der Waals surface area (Å²) in [6.45, 7) is 1.21. The van der Waals surface area contributed by atoms with Gasteiger partial charge in [-0.3, -0.25) is 28.8 Å². The molecule has 0 saturated carbocycles. The molecule has 1 saturated heterocycles. The number of benzene rings is 2. The first-order valence-electron chi connectivity index (χ1n) is 10.3. The SMILES string of the molecule is COc1ccc(/C=C2/SC(=O)N(CC(=O)Nc3c(C)n(C)n(-c4ccccc4)c3=O)C2=O)cc1. The highest BCUT2D eigenvalue weighted by atomic mass is 32.2. The lowest BCUT2D eigenvalue weighted by Crippen LogP contribution is -2.37. The van der Waals surface area contributed by atoms with Crippen molar-refractivity contribution in [1.82, 2.24) is 14.3 Å². The number of rotatable bonds is 6. The van der Waals surface area contributed by atoms with Gasteiger partial charge in [0.05, 0.1) is 23.4 Å². The molecule has 2 heterocycles. The van der Waals surface area contributed by atoms with Gasteiger partial charge in [-0.05, 0) is 54.6 Å². The van der Waals surface area contributed by atoms with Crippen LogP contribution in [0.15, 0.2) is 64.3 Å². The molecule has 1 N–H and O–H groups in total. The van der Waals surface area contributed by atoms with Gasteiger partial charge in [-0.15, -0.1) is 0 Å². The Hall–Kier alpha value is -4.05. The van der Waals surface area contributed by atoms with Crippen LogP contribution in [0.5, 0.6) is 5.75 Å². The van der Waals surface area contributed by atoms with Crippen LogP contribution in [-0.2, 0) is 16.6 Å². The standard InChI is InChI=1S/C24H22N4O5S/c1-15-21(23(31)28(26(15)2)17-7-5-4-6-8-17)25-20(29)14-27-22(30)19(34-24(27)32)13-16-9-11-18(33-3)12-10-16/h4-13H,14H2,1-3H3,(H,25,29)/b19-13+. The molecule has 174 valence electrons. The number of aromatic nitrogens is 2. The van der Waals surface area contributed by atoms with Gasteiger partial charge in [-0.1, -0.05) is 30.3 Å². The lowest BCUT2D eigenvalue weighted by Gasteiger charge is -2.12. The summed E-state index contributed by atoms with van der Waals surface area (Å²) < 4.78 is 8.18. The number of thioether (sulfide) groups is 1. The van der Waals surface area contributed by atoms with E-state index in [1.165, 1.54) is 4.68 Å². The van der Waals surface area contributed by atoms with Crippen molar-refractivity contribution in [3.8, 4) is 11.4 Å². The Morgan fingerprint density at radius 1 is 1.06 bits per heavy atom. The average molecular weight is 479 g/mol. The third kappa shape index (κ3) is 4.40. The number of hydrogen-bond acceptors (Lipinski definition) is 6. The molecule has 0 unspecified atom stereocenters. The van der Waals surface area contributed by atoms with Gasteiger partial charge >= 0.3 is 0 Å². The molecule has 0 spiro atoms. The van der Waals surface area contributed by atoms with Crippen LogP contribution in [0, 0.1) is 6.92 Å². The van der Waals surface area contributed by atoms with Crippen LogP contribution >= 0.6 is 11.8 Å². The molecule has 10 heteroatoms. The zero-order chi connectivity index (χ0) is 24.4. The van der Waals surface area contributed by atoms with Crippen LogP contribution in [0.3, 0.4) is 0 Å². The predicted molar refractivity (Wildman–Crippen MR) is 130 cm³/mol. The zero-order valence-electron chi connectivity index (χ0n) is 18.8. The highest BCUT2D eigenvalue weighted by molar-refractivity contribution is 8.18. The summed E-state index contributed by atoms with van der Waals surface area (Å²) in [6, 6.07) is 16.0. The van der Waals surface area contributed by atoms with E-state index in [4.69, 9.17) is 4.74 Å². The van der Waals surface area contributed by atoms with E-state index in [1.54, 1.807) is 68.2 Å². The minimum atomic E-state index is -0.640. The molecule has 9 nitrogen and oxygen atoms in total. The Kier molecular flexibility index (Phi) is 6.42. The number of anilines is 1. The summed E-state index contributed by atoms with van der Waals surface area (Å²) in [5.41, 5.74) is 1.59. The fourth-order valence-electron chi connectivity index (χ4n) is 3.52. The molecule has 1 fully saturated rings. The largest absolute Gasteiger partial charge is 0.497 e. The molecular formula is C24H22N4O5S. The van der Waals surface area contributed by atoms with E-state index in [2.05, 4.69) is 5.32 Å². The second-order valence-electron chi connectivity index (χ2n) is 7.53. The van der Waals surface area contributed by atoms with E-state index in [0.717, 1.165) is 22.2 Å². The molecule has 0 radical (unpaired) electrons. The highest BCUT2D eigenvalue weighted by Gasteiger charge is 2.36. The highest BCUT2D eigenvalue weighted by Crippen LogP contribution is 2.32. The van der Waals surface area contributed by atoms with Gasteiger partial charge in [0.1, 0.15) is 18.0 Å². The Morgan fingerprint density at radius 3 is 2.38 bits per heavy atom. The fourth-order valence-corrected chi connectivity index (χ4v) is 4.36. The number of carbonyl (C=O) groups is 3. The van der Waals surface area contributed by atoms with E-state index in [9.17, 15) is 19.2 Å². The van der Waals surface area contributed by atoms with Crippen molar-refractivity contribution in [1.29, 1.82) is 0 Å². The third-order valence-corrected chi connectivity index (χ3v) is 6.31. The van der Waals surface area contributed by atoms with E-state index in [0.29, 0.717) is 17.1 Å². The summed E-state index contributed by atoms with van der Waals surface area (Å²) in [4.78, 5) is 51.9. The number of ether oxygens (including phenoxy) is 1. The number of carbonyl (C=O) groups excluding carboxylic acids is 3. The summed E-state index contributed by atoms with van der Waals surface area (Å²) in [6.07, 6.45) is 1.59. The Labute approximate surface area is 199 Å². The minimum absolute atomic E-state index is 0.0945. The Balaban J connectivity index is 1.50. The molecule has 0 aliphatic carbocycles. The minimum Gasteiger partial charge on any atom is -0.497 e. The topological polar surface area (TPSA) is 103 Å². The van der Waals surface area contributed by atoms with Crippen LogP contribution in [-0.4, -0.2) is 45.0 Å². The van der Waals surface area contributed by atoms with Crippen molar-refractivity contribution in [2.75, 3.05) is 19.0 Å². The first kappa shape index (κ1) is 23.1. The Morgan fingerprint density at radius 2 is 1.74 bits per heavy atom. The van der Waals surface area contributed by atoms with E-state index in [-0.39, 0.29) is 10.6 Å². The second-order valence-corrected chi connectivity index (χ2v) is 8.52. The Bertz CT molecular complexity index is 1360. The smallest absolute Gasteiger partial charge is 0.295 e. The van der Waals surface area contributed by atoms with Crippen molar-refractivity contribution in [2.24, 2.45) is 7.05 Å². The van der Waals surface area contributed by atoms with Gasteiger partial charge in [0.25, 0.3) is 16.7 Å². The number of methoxy groups -OCH3 is 1. The molecule has 34 heavy (non-hydrogen) atoms. The zero-order valence-corrected chi connectivity index (χ0v) is 19.6. The van der Waals surface area contributed by atoms with E-state index >= 15 is 0 Å². The molecule has 0 atom stereocenters. The van der Waals surface area contributed by atoms with Crippen molar-refractivity contribution < 1.29 is 19.1 Å². The first-order valence-corrected chi connectivity index (χ1v) is 11.1. The van der Waals surface area contributed by atoms with Crippen molar-refractivity contribution in [3.63, 3.8) is 0 Å². The molecule has 2 aromatic carbocycles. The number of nitrogens with one attached hydrogen (secondary N) is 1. The molecule has 3 aromatic rings. The maximum Gasteiger partial charge on any atom is 0.295 e. The molecule has 4 rings (SSSR count). The molecular weight excluding hydrogens is 456 g/mol. The van der Waals surface area contributed by atoms with Gasteiger partial charge < -0.3 is 10.1 Å². The lowest BCUT2D eigenvalue weighted by molar-refractivity contribution is -0.127. The number of nitrogens with zero attached hydrogens (tertiary/aromatic N) is 3. The van der Waals surface area contributed by atoms with Crippen molar-refractivity contribution >= 4 is 40.6 Å². The molecule has 3 amide bonds. The summed E-state index contributed by atoms with van der Waals surface area (Å²) in [5.74, 6) is -0.532. The van der Waals surface area contributed by atoms with Gasteiger partial charge in [0, 0.05) is 7.05 Å². The third-order valence-electron chi connectivity index (χ3n) is 5.41. The van der Waals surface area contributed by atoms with Crippen molar-refractivity contribution in [3.05, 3.63) is 81.1 Å². The molecule has 1 aliphatic rings. The lowest BCUT2D eigenvalue weighted by atomic mass is 10.2. The molecule has 1 aliphatic heterocycles. The summed E-state index contributed by atoms with van der Waals surface area (Å²) in [5, 5.41) is 2.02. The van der Waals surface area contributed by atoms with Gasteiger partial charge in [-0.2, -0.15) is 0 Å². The maximum atomic E-state index is 13.0. The number of hydrogen-bond donors (Lipinski definition) is 1. The molecule has 1 aromatic heterocycles. The summed E-state index contributed by atoms with van der Waals surface area (Å²) in [7, 11) is 3.26.